The molecule has 0 atom stereocenters. The molecule has 0 bridgehead atoms. The topological polar surface area (TPSA) is 78.3 Å². The largest absolute Gasteiger partial charge is 0.364 e. The van der Waals surface area contributed by atoms with Gasteiger partial charge in [-0.1, -0.05) is 0 Å². The molecule has 1 aliphatic heterocycles. The summed E-state index contributed by atoms with van der Waals surface area (Å²) >= 11 is 0. The van der Waals surface area contributed by atoms with Gasteiger partial charge in [0.25, 0.3) is 0 Å². The highest BCUT2D eigenvalue weighted by Crippen LogP contribution is 2.10. The Bertz CT molecular complexity index is 558. The van der Waals surface area contributed by atoms with E-state index >= 15 is 0 Å². The van der Waals surface area contributed by atoms with Crippen molar-refractivity contribution >= 4 is 23.9 Å². The molecule has 0 spiro atoms. The maximum Gasteiger partial charge on any atom is 0.364 e. The van der Waals surface area contributed by atoms with E-state index in [0.717, 1.165) is 32.0 Å². The van der Waals surface area contributed by atoms with E-state index in [-0.39, 0.29) is 18.1 Å². The van der Waals surface area contributed by atoms with Gasteiger partial charge in [-0.2, -0.15) is 9.61 Å². The number of nitrogens with zero attached hydrogens (tertiary/aromatic N) is 4. The van der Waals surface area contributed by atoms with Crippen molar-refractivity contribution in [1.82, 2.24) is 25.1 Å². The van der Waals surface area contributed by atoms with Gasteiger partial charge < -0.3 is 10.2 Å². The Morgan fingerprint density at radius 1 is 1.24 bits per heavy atom. The first kappa shape index (κ1) is 11.9. The van der Waals surface area contributed by atoms with Crippen molar-refractivity contribution < 1.29 is 0 Å². The lowest BCUT2D eigenvalue weighted by molar-refractivity contribution is 0.581. The second-order valence-electron chi connectivity index (χ2n) is 3.73. The van der Waals surface area contributed by atoms with E-state index in [1.165, 1.54) is 4.52 Å². The quantitative estimate of drug-likeness (QED) is 0.702. The number of piperazine rings is 1. The highest BCUT2D eigenvalue weighted by molar-refractivity contribution is 5.85. The summed E-state index contributed by atoms with van der Waals surface area (Å²) in [6, 6.07) is 3.68. The fourth-order valence-corrected chi connectivity index (χ4v) is 1.86. The van der Waals surface area contributed by atoms with E-state index in [9.17, 15) is 4.79 Å². The predicted molar refractivity (Wildman–Crippen MR) is 65.9 cm³/mol. The van der Waals surface area contributed by atoms with Crippen molar-refractivity contribution in [2.45, 2.75) is 0 Å². The number of H-pyrrole nitrogens is 1. The van der Waals surface area contributed by atoms with Crippen molar-refractivity contribution in [2.24, 2.45) is 0 Å². The average Bonchev–Trinajstić information content (AvgIpc) is 2.72. The van der Waals surface area contributed by atoms with E-state index in [2.05, 4.69) is 25.5 Å². The monoisotopic (exact) mass is 256 g/mol. The van der Waals surface area contributed by atoms with Crippen LogP contribution in [0.3, 0.4) is 0 Å². The van der Waals surface area contributed by atoms with Gasteiger partial charge in [-0.3, -0.25) is 0 Å². The van der Waals surface area contributed by atoms with Gasteiger partial charge in [0, 0.05) is 26.2 Å². The summed E-state index contributed by atoms with van der Waals surface area (Å²) in [6.45, 7) is 3.70. The zero-order valence-corrected chi connectivity index (χ0v) is 9.90. The number of aromatic nitrogens is 4. The molecule has 8 heteroatoms. The zero-order valence-electron chi connectivity index (χ0n) is 9.09. The van der Waals surface area contributed by atoms with Gasteiger partial charge in [-0.05, 0) is 12.1 Å². The Morgan fingerprint density at radius 2 is 2.00 bits per heavy atom. The number of aromatic amines is 1. The van der Waals surface area contributed by atoms with Crippen LogP contribution in [0.15, 0.2) is 16.9 Å². The Morgan fingerprint density at radius 3 is 2.76 bits per heavy atom. The Balaban J connectivity index is 0.00000108. The summed E-state index contributed by atoms with van der Waals surface area (Å²) in [7, 11) is 0. The minimum absolute atomic E-state index is 0. The maximum absolute atomic E-state index is 11.4. The highest BCUT2D eigenvalue weighted by Gasteiger charge is 2.12. The standard InChI is InChI=1S/C9H12N6O.ClH/c16-9-12-11-7-1-2-8(13-15(7)9)14-5-3-10-4-6-14;/h1-2,10H,3-6H2,(H,12,16);1H. The van der Waals surface area contributed by atoms with Crippen molar-refractivity contribution in [3.05, 3.63) is 22.6 Å². The molecule has 0 saturated carbocycles. The maximum atomic E-state index is 11.4. The third-order valence-corrected chi connectivity index (χ3v) is 2.70. The van der Waals surface area contributed by atoms with Crippen LogP contribution < -0.4 is 15.9 Å². The first-order valence-corrected chi connectivity index (χ1v) is 5.25. The Labute approximate surface area is 103 Å². The van der Waals surface area contributed by atoms with Crippen LogP contribution in [-0.4, -0.2) is 46.0 Å². The number of anilines is 1. The molecular weight excluding hydrogens is 244 g/mol. The first-order chi connectivity index (χ1) is 7.84. The molecule has 0 unspecified atom stereocenters. The fraction of sp³-hybridized carbons (Fsp3) is 0.444. The van der Waals surface area contributed by atoms with Crippen LogP contribution >= 0.6 is 12.4 Å². The van der Waals surface area contributed by atoms with Gasteiger partial charge >= 0.3 is 5.69 Å². The molecule has 92 valence electrons. The molecule has 0 amide bonds. The molecular formula is C9H13ClN6O. The van der Waals surface area contributed by atoms with Gasteiger partial charge in [0.2, 0.25) is 0 Å². The van der Waals surface area contributed by atoms with Crippen molar-refractivity contribution in [2.75, 3.05) is 31.1 Å². The summed E-state index contributed by atoms with van der Waals surface area (Å²) in [5, 5.41) is 13.7. The van der Waals surface area contributed by atoms with E-state index in [1.807, 2.05) is 6.07 Å². The number of nitrogens with one attached hydrogen (secondary N) is 2. The number of hydrogen-bond donors (Lipinski definition) is 2. The second kappa shape index (κ2) is 4.72. The third-order valence-electron chi connectivity index (χ3n) is 2.70. The number of rotatable bonds is 1. The zero-order chi connectivity index (χ0) is 11.0. The van der Waals surface area contributed by atoms with Gasteiger partial charge in [-0.15, -0.1) is 17.5 Å². The highest BCUT2D eigenvalue weighted by atomic mass is 35.5. The smallest absolute Gasteiger partial charge is 0.353 e. The van der Waals surface area contributed by atoms with E-state index in [1.54, 1.807) is 6.07 Å². The molecule has 2 N–H and O–H groups in total. The summed E-state index contributed by atoms with van der Waals surface area (Å²) in [5.41, 5.74) is 0.246. The van der Waals surface area contributed by atoms with Crippen LogP contribution in [0.2, 0.25) is 0 Å². The van der Waals surface area contributed by atoms with E-state index < -0.39 is 0 Å². The van der Waals surface area contributed by atoms with E-state index in [4.69, 9.17) is 0 Å². The van der Waals surface area contributed by atoms with Crippen LogP contribution in [0.1, 0.15) is 0 Å². The number of fused-ring (bicyclic) bond motifs is 1. The lowest BCUT2D eigenvalue weighted by atomic mass is 10.3. The van der Waals surface area contributed by atoms with Crippen LogP contribution in [0.5, 0.6) is 0 Å². The minimum atomic E-state index is -0.299. The van der Waals surface area contributed by atoms with E-state index in [0.29, 0.717) is 5.65 Å². The molecule has 7 nitrogen and oxygen atoms in total. The van der Waals surface area contributed by atoms with Crippen LogP contribution in [0.25, 0.3) is 5.65 Å². The molecule has 1 aliphatic rings. The van der Waals surface area contributed by atoms with Crippen LogP contribution in [0, 0.1) is 0 Å². The molecule has 1 fully saturated rings. The van der Waals surface area contributed by atoms with Gasteiger partial charge in [0.05, 0.1) is 0 Å². The Kier molecular flexibility index (Phi) is 3.30. The SMILES string of the molecule is Cl.O=c1[nH]nc2ccc(N3CCNCC3)nn12. The molecule has 3 rings (SSSR count). The van der Waals surface area contributed by atoms with Crippen molar-refractivity contribution in [3.8, 4) is 0 Å². The molecule has 2 aromatic heterocycles. The molecule has 2 aromatic rings. The van der Waals surface area contributed by atoms with Crippen molar-refractivity contribution in [3.63, 3.8) is 0 Å². The van der Waals surface area contributed by atoms with Gasteiger partial charge in [0.15, 0.2) is 5.65 Å². The van der Waals surface area contributed by atoms with Crippen molar-refractivity contribution in [1.29, 1.82) is 0 Å². The predicted octanol–water partition coefficient (Wildman–Crippen LogP) is -0.751. The molecule has 17 heavy (non-hydrogen) atoms. The van der Waals surface area contributed by atoms with Gasteiger partial charge in [0.1, 0.15) is 5.82 Å². The first-order valence-electron chi connectivity index (χ1n) is 5.25. The summed E-state index contributed by atoms with van der Waals surface area (Å²) < 4.78 is 1.29. The lowest BCUT2D eigenvalue weighted by Gasteiger charge is -2.27. The number of hydrogen-bond acceptors (Lipinski definition) is 5. The minimum Gasteiger partial charge on any atom is -0.353 e. The lowest BCUT2D eigenvalue weighted by Crippen LogP contribution is -2.44. The third kappa shape index (κ3) is 2.11. The average molecular weight is 257 g/mol. The van der Waals surface area contributed by atoms with Crippen LogP contribution in [-0.2, 0) is 0 Å². The molecule has 1 saturated heterocycles. The fourth-order valence-electron chi connectivity index (χ4n) is 1.86. The van der Waals surface area contributed by atoms with Gasteiger partial charge in [-0.25, -0.2) is 9.89 Å². The number of halogens is 1. The van der Waals surface area contributed by atoms with Crippen LogP contribution in [0.4, 0.5) is 5.82 Å². The summed E-state index contributed by atoms with van der Waals surface area (Å²) in [6.07, 6.45) is 0. The summed E-state index contributed by atoms with van der Waals surface area (Å²) in [5.74, 6) is 0.817. The molecule has 0 aromatic carbocycles. The second-order valence-corrected chi connectivity index (χ2v) is 3.73. The Hall–Kier alpha value is -1.60. The molecule has 3 heterocycles. The normalized spacial score (nSPS) is 15.9. The molecule has 0 aliphatic carbocycles. The molecule has 0 radical (unpaired) electrons. The summed E-state index contributed by atoms with van der Waals surface area (Å²) in [4.78, 5) is 13.5.